The second-order valence-electron chi connectivity index (χ2n) is 4.53. The zero-order chi connectivity index (χ0) is 12.9. The number of halogens is 1. The van der Waals surface area contributed by atoms with Gasteiger partial charge in [0, 0.05) is 17.2 Å². The highest BCUT2D eigenvalue weighted by Gasteiger charge is 2.31. The number of aromatic amines is 1. The molecule has 2 heterocycles. The van der Waals surface area contributed by atoms with E-state index in [0.29, 0.717) is 4.77 Å². The average Bonchev–Trinajstić information content (AvgIpc) is 2.80. The standard InChI is InChI=1S/C12H12IN3OS/c1-15-5-4-10(11(15)17)16-9-3-2-7(13)6-8(9)14-12(16)18/h2-3,6,10H,4-5H2,1H3,(H,14,18). The molecule has 1 atom stereocenters. The molecule has 1 N–H and O–H groups in total. The molecule has 2 aromatic rings. The average molecular weight is 373 g/mol. The van der Waals surface area contributed by atoms with E-state index in [-0.39, 0.29) is 11.9 Å². The number of rotatable bonds is 1. The first-order valence-corrected chi connectivity index (χ1v) is 7.21. The van der Waals surface area contributed by atoms with Gasteiger partial charge in [0.15, 0.2) is 4.77 Å². The molecular formula is C12H12IN3OS. The van der Waals surface area contributed by atoms with Crippen LogP contribution in [0.5, 0.6) is 0 Å². The second kappa shape index (κ2) is 4.34. The number of benzene rings is 1. The second-order valence-corrected chi connectivity index (χ2v) is 6.16. The molecule has 1 aliphatic heterocycles. The van der Waals surface area contributed by atoms with Gasteiger partial charge >= 0.3 is 0 Å². The number of hydrogen-bond donors (Lipinski definition) is 1. The van der Waals surface area contributed by atoms with E-state index >= 15 is 0 Å². The smallest absolute Gasteiger partial charge is 0.245 e. The highest BCUT2D eigenvalue weighted by molar-refractivity contribution is 14.1. The quantitative estimate of drug-likeness (QED) is 0.617. The lowest BCUT2D eigenvalue weighted by molar-refractivity contribution is -0.129. The normalized spacial score (nSPS) is 20.0. The number of hydrogen-bond acceptors (Lipinski definition) is 2. The third-order valence-corrected chi connectivity index (χ3v) is 4.36. The van der Waals surface area contributed by atoms with E-state index < -0.39 is 0 Å². The molecule has 1 aromatic carbocycles. The van der Waals surface area contributed by atoms with Gasteiger partial charge in [-0.3, -0.25) is 4.79 Å². The number of H-pyrrole nitrogens is 1. The Kier molecular flexibility index (Phi) is 2.93. The summed E-state index contributed by atoms with van der Waals surface area (Å²) in [5.41, 5.74) is 2.00. The molecule has 1 amide bonds. The molecule has 0 radical (unpaired) electrons. The number of imidazole rings is 1. The summed E-state index contributed by atoms with van der Waals surface area (Å²) in [5.74, 6) is 0.144. The van der Waals surface area contributed by atoms with Crippen molar-refractivity contribution in [2.24, 2.45) is 0 Å². The molecule has 0 aliphatic carbocycles. The van der Waals surface area contributed by atoms with Crippen LogP contribution in [0.1, 0.15) is 12.5 Å². The first-order chi connectivity index (χ1) is 8.58. The van der Waals surface area contributed by atoms with Crippen LogP contribution in [-0.2, 0) is 4.79 Å². The number of likely N-dealkylation sites (N-methyl/N-ethyl adjacent to an activating group) is 1. The number of nitrogens with one attached hydrogen (secondary N) is 1. The SMILES string of the molecule is CN1CCC(n2c(=S)[nH]c3cc(I)ccc32)C1=O. The van der Waals surface area contributed by atoms with Crippen molar-refractivity contribution in [2.75, 3.05) is 13.6 Å². The molecule has 1 saturated heterocycles. The molecule has 4 nitrogen and oxygen atoms in total. The van der Waals surface area contributed by atoms with Gasteiger partial charge in [-0.15, -0.1) is 0 Å². The van der Waals surface area contributed by atoms with Crippen LogP contribution in [0.4, 0.5) is 0 Å². The lowest BCUT2D eigenvalue weighted by Crippen LogP contribution is -2.24. The maximum Gasteiger partial charge on any atom is 0.245 e. The van der Waals surface area contributed by atoms with Crippen molar-refractivity contribution in [3.8, 4) is 0 Å². The van der Waals surface area contributed by atoms with Crippen molar-refractivity contribution in [3.63, 3.8) is 0 Å². The third kappa shape index (κ3) is 1.78. The monoisotopic (exact) mass is 373 g/mol. The maximum atomic E-state index is 12.1. The van der Waals surface area contributed by atoms with Gasteiger partial charge in [-0.25, -0.2) is 0 Å². The molecule has 1 aliphatic rings. The van der Waals surface area contributed by atoms with E-state index in [1.54, 1.807) is 4.90 Å². The highest BCUT2D eigenvalue weighted by Crippen LogP contribution is 2.27. The van der Waals surface area contributed by atoms with Crippen molar-refractivity contribution < 1.29 is 4.79 Å². The Morgan fingerprint density at radius 2 is 2.28 bits per heavy atom. The van der Waals surface area contributed by atoms with Crippen molar-refractivity contribution >= 4 is 51.7 Å². The molecule has 0 saturated carbocycles. The van der Waals surface area contributed by atoms with Gasteiger partial charge in [-0.2, -0.15) is 0 Å². The predicted octanol–water partition coefficient (Wildman–Crippen LogP) is 2.71. The van der Waals surface area contributed by atoms with Gasteiger partial charge < -0.3 is 14.5 Å². The van der Waals surface area contributed by atoms with Crippen LogP contribution >= 0.6 is 34.8 Å². The van der Waals surface area contributed by atoms with Crippen LogP contribution in [0.3, 0.4) is 0 Å². The van der Waals surface area contributed by atoms with Crippen LogP contribution in [0, 0.1) is 8.34 Å². The van der Waals surface area contributed by atoms with Crippen LogP contribution in [-0.4, -0.2) is 34.0 Å². The minimum Gasteiger partial charge on any atom is -0.344 e. The van der Waals surface area contributed by atoms with Gasteiger partial charge in [0.2, 0.25) is 5.91 Å². The lowest BCUT2D eigenvalue weighted by atomic mass is 10.2. The summed E-state index contributed by atoms with van der Waals surface area (Å²) in [7, 11) is 1.84. The van der Waals surface area contributed by atoms with Crippen LogP contribution in [0.25, 0.3) is 11.0 Å². The van der Waals surface area contributed by atoms with Crippen molar-refractivity contribution in [3.05, 3.63) is 26.5 Å². The Morgan fingerprint density at radius 3 is 2.94 bits per heavy atom. The number of fused-ring (bicyclic) bond motifs is 1. The lowest BCUT2D eigenvalue weighted by Gasteiger charge is -2.12. The molecule has 1 unspecified atom stereocenters. The topological polar surface area (TPSA) is 41.0 Å². The molecule has 6 heteroatoms. The summed E-state index contributed by atoms with van der Waals surface area (Å²) in [4.78, 5) is 17.1. The van der Waals surface area contributed by atoms with E-state index in [1.807, 2.05) is 29.8 Å². The molecule has 0 bridgehead atoms. The molecule has 0 spiro atoms. The Bertz CT molecular complexity index is 690. The highest BCUT2D eigenvalue weighted by atomic mass is 127. The van der Waals surface area contributed by atoms with Gasteiger partial charge in [0.1, 0.15) is 6.04 Å². The molecule has 18 heavy (non-hydrogen) atoms. The Hall–Kier alpha value is -0.890. The predicted molar refractivity (Wildman–Crippen MR) is 81.1 cm³/mol. The number of carbonyl (C=O) groups is 1. The third-order valence-electron chi connectivity index (χ3n) is 3.39. The van der Waals surface area contributed by atoms with E-state index in [1.165, 1.54) is 0 Å². The van der Waals surface area contributed by atoms with Gasteiger partial charge in [0.05, 0.1) is 11.0 Å². The van der Waals surface area contributed by atoms with E-state index in [0.717, 1.165) is 27.6 Å². The van der Waals surface area contributed by atoms with Gasteiger partial charge in [-0.1, -0.05) is 0 Å². The Morgan fingerprint density at radius 1 is 1.50 bits per heavy atom. The summed E-state index contributed by atoms with van der Waals surface area (Å²) in [5, 5.41) is 0. The largest absolute Gasteiger partial charge is 0.344 e. The van der Waals surface area contributed by atoms with Crippen molar-refractivity contribution in [1.82, 2.24) is 14.5 Å². The molecule has 94 valence electrons. The number of likely N-dealkylation sites (tertiary alicyclic amines) is 1. The van der Waals surface area contributed by atoms with E-state index in [4.69, 9.17) is 12.2 Å². The minimum absolute atomic E-state index is 0.144. The first-order valence-electron chi connectivity index (χ1n) is 5.72. The number of aromatic nitrogens is 2. The van der Waals surface area contributed by atoms with Crippen LogP contribution < -0.4 is 0 Å². The van der Waals surface area contributed by atoms with Gasteiger partial charge in [-0.05, 0) is 59.4 Å². The van der Waals surface area contributed by atoms with Crippen LogP contribution in [0.2, 0.25) is 0 Å². The zero-order valence-electron chi connectivity index (χ0n) is 9.81. The minimum atomic E-state index is -0.156. The summed E-state index contributed by atoms with van der Waals surface area (Å²) in [6, 6.07) is 5.95. The van der Waals surface area contributed by atoms with E-state index in [2.05, 4.69) is 27.6 Å². The van der Waals surface area contributed by atoms with Gasteiger partial charge in [0.25, 0.3) is 0 Å². The number of carbonyl (C=O) groups excluding carboxylic acids is 1. The molecular weight excluding hydrogens is 361 g/mol. The number of amides is 1. The summed E-state index contributed by atoms with van der Waals surface area (Å²) >= 11 is 7.62. The number of nitrogens with zero attached hydrogens (tertiary/aromatic N) is 2. The summed E-state index contributed by atoms with van der Waals surface area (Å²) in [6.45, 7) is 0.794. The molecule has 1 fully saturated rings. The Balaban J connectivity index is 2.20. The fourth-order valence-corrected chi connectivity index (χ4v) is 3.28. The zero-order valence-corrected chi connectivity index (χ0v) is 12.8. The first kappa shape index (κ1) is 12.2. The fourth-order valence-electron chi connectivity index (χ4n) is 2.46. The summed E-state index contributed by atoms with van der Waals surface area (Å²) < 4.78 is 3.73. The maximum absolute atomic E-state index is 12.1. The molecule has 1 aromatic heterocycles. The summed E-state index contributed by atoms with van der Waals surface area (Å²) in [6.07, 6.45) is 0.822. The fraction of sp³-hybridized carbons (Fsp3) is 0.333. The van der Waals surface area contributed by atoms with Crippen molar-refractivity contribution in [2.45, 2.75) is 12.5 Å². The van der Waals surface area contributed by atoms with E-state index in [9.17, 15) is 4.79 Å². The van der Waals surface area contributed by atoms with Crippen LogP contribution in [0.15, 0.2) is 18.2 Å². The Labute approximate surface area is 123 Å². The van der Waals surface area contributed by atoms with Crippen molar-refractivity contribution in [1.29, 1.82) is 0 Å². The molecule has 3 rings (SSSR count).